The molecule has 0 spiro atoms. The predicted octanol–water partition coefficient (Wildman–Crippen LogP) is 1.78. The molecule has 4 heteroatoms. The largest absolute Gasteiger partial charge is 0.483 e. The van der Waals surface area contributed by atoms with Gasteiger partial charge >= 0.3 is 0 Å². The summed E-state index contributed by atoms with van der Waals surface area (Å²) in [4.78, 5) is 13.6. The van der Waals surface area contributed by atoms with Crippen LogP contribution in [0.25, 0.3) is 0 Å². The topological polar surface area (TPSA) is 55.6 Å². The van der Waals surface area contributed by atoms with Crippen LogP contribution < -0.4 is 10.5 Å². The minimum absolute atomic E-state index is 0.0174. The van der Waals surface area contributed by atoms with Crippen LogP contribution >= 0.6 is 0 Å². The molecule has 1 aromatic rings. The second kappa shape index (κ2) is 7.01. The number of benzene rings is 1. The average Bonchev–Trinajstić information content (AvgIpc) is 2.43. The van der Waals surface area contributed by atoms with Crippen molar-refractivity contribution in [2.24, 2.45) is 5.73 Å². The van der Waals surface area contributed by atoms with Crippen LogP contribution in [0.4, 0.5) is 0 Å². The number of nitrogens with two attached hydrogens (primary N) is 1. The summed E-state index contributed by atoms with van der Waals surface area (Å²) < 4.78 is 5.53. The first kappa shape index (κ1) is 14.5. The summed E-state index contributed by atoms with van der Waals surface area (Å²) in [5, 5.41) is 0. The Hall–Kier alpha value is -1.55. The van der Waals surface area contributed by atoms with Gasteiger partial charge in [0, 0.05) is 25.2 Å². The molecule has 0 aliphatic rings. The van der Waals surface area contributed by atoms with E-state index in [1.165, 1.54) is 0 Å². The third kappa shape index (κ3) is 3.74. The highest BCUT2D eigenvalue weighted by Gasteiger charge is 2.15. The molecule has 1 atom stereocenters. The third-order valence-electron chi connectivity index (χ3n) is 3.19. The Balaban J connectivity index is 2.57. The molecule has 1 aromatic carbocycles. The van der Waals surface area contributed by atoms with Crippen molar-refractivity contribution in [1.29, 1.82) is 0 Å². The zero-order chi connectivity index (χ0) is 13.5. The number of para-hydroxylation sites is 1. The van der Waals surface area contributed by atoms with Gasteiger partial charge in [0.25, 0.3) is 5.91 Å². The second-order valence-electron chi connectivity index (χ2n) is 4.36. The number of carbonyl (C=O) groups is 1. The highest BCUT2D eigenvalue weighted by molar-refractivity contribution is 5.77. The molecule has 0 saturated carbocycles. The van der Waals surface area contributed by atoms with Crippen LogP contribution in [0.3, 0.4) is 0 Å². The lowest BCUT2D eigenvalue weighted by Gasteiger charge is -2.24. The Labute approximate surface area is 109 Å². The van der Waals surface area contributed by atoms with Gasteiger partial charge in [0.1, 0.15) is 5.75 Å². The van der Waals surface area contributed by atoms with E-state index < -0.39 is 0 Å². The maximum atomic E-state index is 11.9. The number of amides is 1. The normalized spacial score (nSPS) is 12.0. The SMILES string of the molecule is CCC(C)N(C)C(=O)COc1ccccc1CN. The fourth-order valence-corrected chi connectivity index (χ4v) is 1.57. The van der Waals surface area contributed by atoms with Gasteiger partial charge in [-0.15, -0.1) is 0 Å². The van der Waals surface area contributed by atoms with Gasteiger partial charge in [-0.05, 0) is 19.4 Å². The summed E-state index contributed by atoms with van der Waals surface area (Å²) in [5.74, 6) is 0.669. The number of nitrogens with zero attached hydrogens (tertiary/aromatic N) is 1. The molecule has 1 rings (SSSR count). The summed E-state index contributed by atoms with van der Waals surface area (Å²) >= 11 is 0. The van der Waals surface area contributed by atoms with Gasteiger partial charge in [-0.2, -0.15) is 0 Å². The lowest BCUT2D eigenvalue weighted by Crippen LogP contribution is -2.37. The Morgan fingerprint density at radius 2 is 2.11 bits per heavy atom. The standard InChI is InChI=1S/C14H22N2O2/c1-4-11(2)16(3)14(17)10-18-13-8-6-5-7-12(13)9-15/h5-8,11H,4,9-10,15H2,1-3H3. The van der Waals surface area contributed by atoms with Crippen LogP contribution in [0.2, 0.25) is 0 Å². The molecule has 0 radical (unpaired) electrons. The molecule has 100 valence electrons. The number of ether oxygens (including phenoxy) is 1. The van der Waals surface area contributed by atoms with Gasteiger partial charge in [-0.25, -0.2) is 0 Å². The molecule has 2 N–H and O–H groups in total. The van der Waals surface area contributed by atoms with E-state index in [4.69, 9.17) is 10.5 Å². The summed E-state index contributed by atoms with van der Waals surface area (Å²) in [5.41, 5.74) is 6.52. The average molecular weight is 250 g/mol. The van der Waals surface area contributed by atoms with E-state index in [0.29, 0.717) is 12.3 Å². The molecule has 1 unspecified atom stereocenters. The van der Waals surface area contributed by atoms with Crippen LogP contribution in [-0.2, 0) is 11.3 Å². The summed E-state index contributed by atoms with van der Waals surface area (Å²) in [6.45, 7) is 4.54. The number of hydrogen-bond donors (Lipinski definition) is 1. The first-order valence-electron chi connectivity index (χ1n) is 6.26. The molecule has 0 aliphatic carbocycles. The van der Waals surface area contributed by atoms with E-state index >= 15 is 0 Å². The fourth-order valence-electron chi connectivity index (χ4n) is 1.57. The monoisotopic (exact) mass is 250 g/mol. The Morgan fingerprint density at radius 1 is 1.44 bits per heavy atom. The minimum atomic E-state index is -0.0174. The first-order chi connectivity index (χ1) is 8.60. The first-order valence-corrected chi connectivity index (χ1v) is 6.26. The van der Waals surface area contributed by atoms with E-state index in [1.807, 2.05) is 31.2 Å². The maximum absolute atomic E-state index is 11.9. The summed E-state index contributed by atoms with van der Waals surface area (Å²) in [6.07, 6.45) is 0.932. The molecule has 4 nitrogen and oxygen atoms in total. The van der Waals surface area contributed by atoms with Crippen molar-refractivity contribution in [2.45, 2.75) is 32.9 Å². The summed E-state index contributed by atoms with van der Waals surface area (Å²) in [7, 11) is 1.80. The van der Waals surface area contributed by atoms with E-state index in [9.17, 15) is 4.79 Å². The minimum Gasteiger partial charge on any atom is -0.483 e. The Morgan fingerprint density at radius 3 is 2.72 bits per heavy atom. The van der Waals surface area contributed by atoms with Crippen molar-refractivity contribution in [3.05, 3.63) is 29.8 Å². The van der Waals surface area contributed by atoms with Crippen molar-refractivity contribution in [1.82, 2.24) is 4.90 Å². The highest BCUT2D eigenvalue weighted by atomic mass is 16.5. The number of rotatable bonds is 6. The molecule has 0 fully saturated rings. The van der Waals surface area contributed by atoms with E-state index in [0.717, 1.165) is 12.0 Å². The van der Waals surface area contributed by atoms with Crippen molar-refractivity contribution in [3.8, 4) is 5.75 Å². The molecule has 1 amide bonds. The van der Waals surface area contributed by atoms with Gasteiger partial charge < -0.3 is 15.4 Å². The van der Waals surface area contributed by atoms with Crippen molar-refractivity contribution in [3.63, 3.8) is 0 Å². The Kier molecular flexibility index (Phi) is 5.65. The molecule has 18 heavy (non-hydrogen) atoms. The number of hydrogen-bond acceptors (Lipinski definition) is 3. The van der Waals surface area contributed by atoms with Crippen LogP contribution in [0.1, 0.15) is 25.8 Å². The van der Waals surface area contributed by atoms with Gasteiger partial charge in [0.2, 0.25) is 0 Å². The summed E-state index contributed by atoms with van der Waals surface area (Å²) in [6, 6.07) is 7.74. The third-order valence-corrected chi connectivity index (χ3v) is 3.19. The molecule has 0 saturated heterocycles. The van der Waals surface area contributed by atoms with E-state index in [2.05, 4.69) is 6.92 Å². The molecular weight excluding hydrogens is 228 g/mol. The van der Waals surface area contributed by atoms with Gasteiger partial charge in [0.15, 0.2) is 6.61 Å². The van der Waals surface area contributed by atoms with Crippen LogP contribution in [0.15, 0.2) is 24.3 Å². The van der Waals surface area contributed by atoms with E-state index in [1.54, 1.807) is 11.9 Å². The van der Waals surface area contributed by atoms with Crippen molar-refractivity contribution < 1.29 is 9.53 Å². The molecule has 0 heterocycles. The molecule has 0 bridgehead atoms. The lowest BCUT2D eigenvalue weighted by atomic mass is 10.2. The molecule has 0 aromatic heterocycles. The van der Waals surface area contributed by atoms with Crippen LogP contribution in [-0.4, -0.2) is 30.5 Å². The van der Waals surface area contributed by atoms with Crippen molar-refractivity contribution in [2.75, 3.05) is 13.7 Å². The number of carbonyl (C=O) groups excluding carboxylic acids is 1. The predicted molar refractivity (Wildman–Crippen MR) is 72.4 cm³/mol. The molecule has 0 aliphatic heterocycles. The van der Waals surface area contributed by atoms with Crippen LogP contribution in [0, 0.1) is 0 Å². The number of likely N-dealkylation sites (N-methyl/N-ethyl adjacent to an activating group) is 1. The van der Waals surface area contributed by atoms with Gasteiger partial charge in [-0.1, -0.05) is 25.1 Å². The fraction of sp³-hybridized carbons (Fsp3) is 0.500. The highest BCUT2D eigenvalue weighted by Crippen LogP contribution is 2.17. The maximum Gasteiger partial charge on any atom is 0.260 e. The van der Waals surface area contributed by atoms with E-state index in [-0.39, 0.29) is 18.6 Å². The Bertz CT molecular complexity index is 393. The zero-order valence-corrected chi connectivity index (χ0v) is 11.3. The quantitative estimate of drug-likeness (QED) is 0.837. The van der Waals surface area contributed by atoms with Gasteiger partial charge in [0.05, 0.1) is 0 Å². The van der Waals surface area contributed by atoms with Crippen LogP contribution in [0.5, 0.6) is 5.75 Å². The second-order valence-corrected chi connectivity index (χ2v) is 4.36. The van der Waals surface area contributed by atoms with Gasteiger partial charge in [-0.3, -0.25) is 4.79 Å². The van der Waals surface area contributed by atoms with Crippen molar-refractivity contribution >= 4 is 5.91 Å². The lowest BCUT2D eigenvalue weighted by molar-refractivity contribution is -0.133. The zero-order valence-electron chi connectivity index (χ0n) is 11.3. The smallest absolute Gasteiger partial charge is 0.260 e. The molecular formula is C14H22N2O2.